The number of hydrogen-bond acceptors (Lipinski definition) is 5. The van der Waals surface area contributed by atoms with Crippen LogP contribution >= 0.6 is 0 Å². The van der Waals surface area contributed by atoms with Crippen LogP contribution in [-0.4, -0.2) is 22.2 Å². The summed E-state index contributed by atoms with van der Waals surface area (Å²) in [7, 11) is 1.90. The molecule has 0 N–H and O–H groups in total. The number of carbonyl (C=O) groups excluding carboxylic acids is 1. The van der Waals surface area contributed by atoms with Crippen molar-refractivity contribution in [2.45, 2.75) is 13.1 Å². The Labute approximate surface area is 160 Å². The molecule has 0 aliphatic heterocycles. The van der Waals surface area contributed by atoms with E-state index in [1.807, 2.05) is 0 Å². The highest BCUT2D eigenvalue weighted by molar-refractivity contribution is 5.87. The number of benzene rings is 1. The average molecular weight is 411 g/mol. The maximum absolute atomic E-state index is 14.5. The first-order chi connectivity index (χ1) is 13.4. The molecule has 7 nitrogen and oxygen atoms in total. The lowest BCUT2D eigenvalue weighted by atomic mass is 10.1. The first-order valence-electron chi connectivity index (χ1n) is 7.83. The zero-order valence-electron chi connectivity index (χ0n) is 15.3. The molecule has 0 atom stereocenters. The molecule has 0 aliphatic rings. The minimum Gasteiger partial charge on any atom is -0.466 e. The van der Waals surface area contributed by atoms with E-state index in [-0.39, 0.29) is 20.3 Å². The smallest absolute Gasteiger partial charge is 0.432 e. The van der Waals surface area contributed by atoms with Crippen LogP contribution < -0.4 is 11.2 Å². The van der Waals surface area contributed by atoms with Crippen molar-refractivity contribution in [2.24, 2.45) is 7.05 Å². The second kappa shape index (κ2) is 7.75. The van der Waals surface area contributed by atoms with Crippen LogP contribution in [0, 0.1) is 24.1 Å². The van der Waals surface area contributed by atoms with Crippen LogP contribution in [0.3, 0.4) is 0 Å². The predicted molar refractivity (Wildman–Crippen MR) is 92.7 cm³/mol. The van der Waals surface area contributed by atoms with E-state index in [1.54, 1.807) is 6.07 Å². The summed E-state index contributed by atoms with van der Waals surface area (Å²) >= 11 is 0. The highest BCUT2D eigenvalue weighted by atomic mass is 19.4. The predicted octanol–water partition coefficient (Wildman–Crippen LogP) is 2.06. The quantitative estimate of drug-likeness (QED) is 0.438. The summed E-state index contributed by atoms with van der Waals surface area (Å²) in [5.41, 5.74) is -6.03. The highest BCUT2D eigenvalue weighted by Gasteiger charge is 2.38. The minimum atomic E-state index is -4.98. The summed E-state index contributed by atoms with van der Waals surface area (Å²) in [6.45, 7) is 0.862. The number of rotatable bonds is 3. The summed E-state index contributed by atoms with van der Waals surface area (Å²) in [6.07, 6.45) is -2.98. The summed E-state index contributed by atoms with van der Waals surface area (Å²) in [5.74, 6) is -1.98. The van der Waals surface area contributed by atoms with Gasteiger partial charge in [-0.1, -0.05) is 0 Å². The van der Waals surface area contributed by atoms with Crippen LogP contribution in [0.25, 0.3) is 11.8 Å². The van der Waals surface area contributed by atoms with E-state index in [0.29, 0.717) is 6.07 Å². The van der Waals surface area contributed by atoms with Crippen LogP contribution in [0.5, 0.6) is 0 Å². The summed E-state index contributed by atoms with van der Waals surface area (Å²) < 4.78 is 58.9. The number of carbonyl (C=O) groups is 1. The number of ether oxygens (including phenoxy) is 1. The molecule has 2 rings (SSSR count). The standard InChI is InChI=1S/C18H13F4N3O4/c1-9-15(18(20,21)22)24(2)17(28)25(16(9)27)13-7-10(4-5-14(26)29-3)11(8-23)6-12(13)19/h4-7H,1-3H3/b5-4-. The zero-order valence-corrected chi connectivity index (χ0v) is 15.3. The van der Waals surface area contributed by atoms with E-state index in [1.165, 1.54) is 0 Å². The Morgan fingerprint density at radius 1 is 1.28 bits per heavy atom. The second-order valence-corrected chi connectivity index (χ2v) is 5.81. The molecule has 11 heteroatoms. The van der Waals surface area contributed by atoms with E-state index in [9.17, 15) is 31.9 Å². The van der Waals surface area contributed by atoms with E-state index in [2.05, 4.69) is 4.74 Å². The molecule has 0 amide bonds. The molecule has 2 aromatic rings. The van der Waals surface area contributed by atoms with Crippen LogP contribution in [-0.2, 0) is 22.8 Å². The molecule has 152 valence electrons. The van der Waals surface area contributed by atoms with Gasteiger partial charge in [0, 0.05) is 18.7 Å². The maximum atomic E-state index is 14.5. The molecule has 0 bridgehead atoms. The summed E-state index contributed by atoms with van der Waals surface area (Å²) in [4.78, 5) is 36.2. The van der Waals surface area contributed by atoms with Gasteiger partial charge in [0.2, 0.25) is 0 Å². The number of methoxy groups -OCH3 is 1. The molecule has 0 spiro atoms. The second-order valence-electron chi connectivity index (χ2n) is 5.81. The molecule has 0 unspecified atom stereocenters. The van der Waals surface area contributed by atoms with E-state index in [4.69, 9.17) is 5.26 Å². The molecule has 0 radical (unpaired) electrons. The Morgan fingerprint density at radius 3 is 2.41 bits per heavy atom. The third kappa shape index (κ3) is 3.96. The Balaban J connectivity index is 2.88. The van der Waals surface area contributed by atoms with Gasteiger partial charge in [-0.3, -0.25) is 9.36 Å². The molecule has 1 aromatic carbocycles. The van der Waals surface area contributed by atoms with Gasteiger partial charge in [-0.2, -0.15) is 18.4 Å². The van der Waals surface area contributed by atoms with Gasteiger partial charge in [0.25, 0.3) is 5.56 Å². The molecule has 0 fully saturated rings. The fraction of sp³-hybridized carbons (Fsp3) is 0.222. The summed E-state index contributed by atoms with van der Waals surface area (Å²) in [5, 5.41) is 9.12. The third-order valence-corrected chi connectivity index (χ3v) is 4.04. The van der Waals surface area contributed by atoms with Gasteiger partial charge >= 0.3 is 17.8 Å². The zero-order chi connectivity index (χ0) is 22.1. The Kier molecular flexibility index (Phi) is 5.77. The Hall–Kier alpha value is -3.68. The lowest BCUT2D eigenvalue weighted by molar-refractivity contribution is -0.144. The molecule has 1 aromatic heterocycles. The van der Waals surface area contributed by atoms with Crippen LogP contribution in [0.4, 0.5) is 17.6 Å². The van der Waals surface area contributed by atoms with E-state index < -0.39 is 46.2 Å². The Bertz CT molecular complexity index is 1150. The van der Waals surface area contributed by atoms with E-state index in [0.717, 1.165) is 39.3 Å². The van der Waals surface area contributed by atoms with Crippen molar-refractivity contribution in [1.82, 2.24) is 9.13 Å². The Morgan fingerprint density at radius 2 is 1.90 bits per heavy atom. The van der Waals surface area contributed by atoms with Crippen LogP contribution in [0.2, 0.25) is 0 Å². The van der Waals surface area contributed by atoms with Gasteiger partial charge < -0.3 is 4.74 Å². The number of alkyl halides is 3. The molecular formula is C18H13F4N3O4. The number of esters is 1. The van der Waals surface area contributed by atoms with Gasteiger partial charge in [-0.25, -0.2) is 18.5 Å². The van der Waals surface area contributed by atoms with Crippen molar-refractivity contribution >= 4 is 12.0 Å². The largest absolute Gasteiger partial charge is 0.466 e. The van der Waals surface area contributed by atoms with Gasteiger partial charge in [0.15, 0.2) is 0 Å². The lowest BCUT2D eigenvalue weighted by Crippen LogP contribution is -2.43. The lowest BCUT2D eigenvalue weighted by Gasteiger charge is -2.17. The van der Waals surface area contributed by atoms with Crippen molar-refractivity contribution in [2.75, 3.05) is 7.11 Å². The molecule has 0 saturated heterocycles. The van der Waals surface area contributed by atoms with Crippen LogP contribution in [0.1, 0.15) is 22.4 Å². The van der Waals surface area contributed by atoms with Gasteiger partial charge in [-0.05, 0) is 30.7 Å². The van der Waals surface area contributed by atoms with Crippen molar-refractivity contribution in [1.29, 1.82) is 5.26 Å². The number of aromatic nitrogens is 2. The van der Waals surface area contributed by atoms with Crippen molar-refractivity contribution in [3.05, 3.63) is 67.2 Å². The first-order valence-corrected chi connectivity index (χ1v) is 7.83. The van der Waals surface area contributed by atoms with E-state index >= 15 is 0 Å². The molecule has 1 heterocycles. The summed E-state index contributed by atoms with van der Waals surface area (Å²) in [6, 6.07) is 3.28. The molecular weight excluding hydrogens is 398 g/mol. The minimum absolute atomic E-state index is 0.0548. The normalized spacial score (nSPS) is 11.5. The van der Waals surface area contributed by atoms with Gasteiger partial charge in [0.1, 0.15) is 11.5 Å². The van der Waals surface area contributed by atoms with Crippen LogP contribution in [0.15, 0.2) is 27.8 Å². The van der Waals surface area contributed by atoms with Crippen molar-refractivity contribution < 1.29 is 27.1 Å². The molecule has 0 saturated carbocycles. The number of halogens is 4. The number of hydrogen-bond donors (Lipinski definition) is 0. The van der Waals surface area contributed by atoms with Gasteiger partial charge in [0.05, 0.1) is 24.4 Å². The van der Waals surface area contributed by atoms with Crippen molar-refractivity contribution in [3.63, 3.8) is 0 Å². The monoisotopic (exact) mass is 411 g/mol. The highest BCUT2D eigenvalue weighted by Crippen LogP contribution is 2.29. The fourth-order valence-electron chi connectivity index (χ4n) is 2.68. The molecule has 0 aliphatic carbocycles. The maximum Gasteiger partial charge on any atom is 0.432 e. The SMILES string of the molecule is COC(=O)/C=C\c1cc(-n2c(=O)c(C)c(C(F)(F)F)n(C)c2=O)c(F)cc1C#N. The first kappa shape index (κ1) is 21.6. The third-order valence-electron chi connectivity index (χ3n) is 4.04. The van der Waals surface area contributed by atoms with Gasteiger partial charge in [-0.15, -0.1) is 0 Å². The fourth-order valence-corrected chi connectivity index (χ4v) is 2.68. The number of nitriles is 1. The average Bonchev–Trinajstić information content (AvgIpc) is 2.65. The number of nitrogens with zero attached hydrogens (tertiary/aromatic N) is 3. The molecule has 29 heavy (non-hydrogen) atoms. The topological polar surface area (TPSA) is 94.1 Å². The van der Waals surface area contributed by atoms with Crippen molar-refractivity contribution in [3.8, 4) is 11.8 Å².